The van der Waals surface area contributed by atoms with Crippen molar-refractivity contribution in [3.05, 3.63) is 0 Å². The zero-order chi connectivity index (χ0) is 13.1. The van der Waals surface area contributed by atoms with E-state index in [2.05, 4.69) is 10.6 Å². The van der Waals surface area contributed by atoms with Gasteiger partial charge in [0.2, 0.25) is 0 Å². The van der Waals surface area contributed by atoms with Gasteiger partial charge in [0.05, 0.1) is 0 Å². The predicted octanol–water partition coefficient (Wildman–Crippen LogP) is 0.419. The molecule has 0 heterocycles. The normalized spacial score (nSPS) is 25.1. The number of carboxylic acids is 1. The van der Waals surface area contributed by atoms with Crippen molar-refractivity contribution in [1.82, 2.24) is 10.6 Å². The number of nitrogens with one attached hydrogen (secondary N) is 2. The highest BCUT2D eigenvalue weighted by atomic mass is 16.4. The second-order valence-corrected chi connectivity index (χ2v) is 5.08. The summed E-state index contributed by atoms with van der Waals surface area (Å²) in [5.74, 6) is -1.07. The van der Waals surface area contributed by atoms with E-state index in [-0.39, 0.29) is 12.1 Å². The summed E-state index contributed by atoms with van der Waals surface area (Å²) in [5, 5.41) is 14.0. The van der Waals surface area contributed by atoms with Crippen molar-refractivity contribution in [2.45, 2.75) is 57.2 Å². The Hall–Kier alpha value is -1.30. The fourth-order valence-corrected chi connectivity index (χ4v) is 1.88. The minimum atomic E-state index is -1.27. The Balaban J connectivity index is 2.46. The molecule has 1 rings (SSSR count). The summed E-state index contributed by atoms with van der Waals surface area (Å²) in [5.41, 5.74) is 4.62. The van der Waals surface area contributed by atoms with E-state index >= 15 is 0 Å². The lowest BCUT2D eigenvalue weighted by Gasteiger charge is -2.30. The molecule has 0 spiro atoms. The molecule has 1 fully saturated rings. The largest absolute Gasteiger partial charge is 0.480 e. The lowest BCUT2D eigenvalue weighted by atomic mass is 9.91. The van der Waals surface area contributed by atoms with Crippen LogP contribution in [0, 0.1) is 0 Å². The van der Waals surface area contributed by atoms with Gasteiger partial charge >= 0.3 is 12.0 Å². The van der Waals surface area contributed by atoms with Crippen LogP contribution in [-0.4, -0.2) is 34.7 Å². The molecule has 1 saturated carbocycles. The standard InChI is InChI=1S/C11H21N3O3/c1-11(2,9(15)16)14-10(17)13-8-6-4-3-5-7(8)12/h7-8H,3-6,12H2,1-2H3,(H,15,16)(H2,13,14,17). The molecular weight excluding hydrogens is 222 g/mol. The topological polar surface area (TPSA) is 104 Å². The van der Waals surface area contributed by atoms with Crippen LogP contribution in [0.2, 0.25) is 0 Å². The Bertz CT molecular complexity index is 304. The first-order valence-corrected chi connectivity index (χ1v) is 5.90. The van der Waals surface area contributed by atoms with Gasteiger partial charge in [0.25, 0.3) is 0 Å². The lowest BCUT2D eigenvalue weighted by Crippen LogP contribution is -2.58. The first-order chi connectivity index (χ1) is 7.83. The predicted molar refractivity (Wildman–Crippen MR) is 63.6 cm³/mol. The summed E-state index contributed by atoms with van der Waals surface area (Å²) in [7, 11) is 0. The summed E-state index contributed by atoms with van der Waals surface area (Å²) in [4.78, 5) is 22.5. The number of amides is 2. The smallest absolute Gasteiger partial charge is 0.328 e. The minimum absolute atomic E-state index is 0.0394. The number of hydrogen-bond donors (Lipinski definition) is 4. The average Bonchev–Trinajstić information content (AvgIpc) is 2.20. The van der Waals surface area contributed by atoms with Crippen molar-refractivity contribution in [2.24, 2.45) is 5.73 Å². The number of aliphatic carboxylic acids is 1. The van der Waals surface area contributed by atoms with Crippen molar-refractivity contribution in [1.29, 1.82) is 0 Å². The molecule has 2 amide bonds. The first kappa shape index (κ1) is 13.8. The summed E-state index contributed by atoms with van der Waals surface area (Å²) in [6.45, 7) is 2.88. The second kappa shape index (κ2) is 5.35. The van der Waals surface area contributed by atoms with Crippen LogP contribution >= 0.6 is 0 Å². The molecule has 0 aromatic heterocycles. The van der Waals surface area contributed by atoms with Crippen LogP contribution < -0.4 is 16.4 Å². The molecule has 2 unspecified atom stereocenters. The number of carbonyl (C=O) groups excluding carboxylic acids is 1. The van der Waals surface area contributed by atoms with E-state index < -0.39 is 17.5 Å². The maximum atomic E-state index is 11.6. The maximum absolute atomic E-state index is 11.6. The fourth-order valence-electron chi connectivity index (χ4n) is 1.88. The zero-order valence-electron chi connectivity index (χ0n) is 10.3. The molecular formula is C11H21N3O3. The van der Waals surface area contributed by atoms with E-state index in [0.717, 1.165) is 25.7 Å². The van der Waals surface area contributed by atoms with E-state index in [9.17, 15) is 9.59 Å². The van der Waals surface area contributed by atoms with Crippen molar-refractivity contribution in [3.63, 3.8) is 0 Å². The van der Waals surface area contributed by atoms with Crippen LogP contribution in [0.25, 0.3) is 0 Å². The molecule has 0 aromatic carbocycles. The van der Waals surface area contributed by atoms with Crippen LogP contribution in [0.4, 0.5) is 4.79 Å². The molecule has 6 nitrogen and oxygen atoms in total. The van der Waals surface area contributed by atoms with E-state index in [4.69, 9.17) is 10.8 Å². The average molecular weight is 243 g/mol. The molecule has 1 aliphatic carbocycles. The van der Waals surface area contributed by atoms with Crippen molar-refractivity contribution in [2.75, 3.05) is 0 Å². The molecule has 17 heavy (non-hydrogen) atoms. The number of carbonyl (C=O) groups is 2. The molecule has 0 aromatic rings. The van der Waals surface area contributed by atoms with Gasteiger partial charge in [0.15, 0.2) is 0 Å². The van der Waals surface area contributed by atoms with Crippen molar-refractivity contribution in [3.8, 4) is 0 Å². The Kier molecular flexibility index (Phi) is 4.34. The third-order valence-electron chi connectivity index (χ3n) is 3.10. The van der Waals surface area contributed by atoms with Gasteiger partial charge in [-0.05, 0) is 26.7 Å². The number of nitrogens with two attached hydrogens (primary N) is 1. The van der Waals surface area contributed by atoms with E-state index in [1.54, 1.807) is 0 Å². The number of urea groups is 1. The maximum Gasteiger partial charge on any atom is 0.328 e. The van der Waals surface area contributed by atoms with Gasteiger partial charge in [-0.3, -0.25) is 0 Å². The van der Waals surface area contributed by atoms with Gasteiger partial charge in [0.1, 0.15) is 5.54 Å². The molecule has 6 heteroatoms. The van der Waals surface area contributed by atoms with Crippen molar-refractivity contribution >= 4 is 12.0 Å². The third-order valence-corrected chi connectivity index (χ3v) is 3.10. The molecule has 2 atom stereocenters. The van der Waals surface area contributed by atoms with E-state index in [1.807, 2.05) is 0 Å². The van der Waals surface area contributed by atoms with Gasteiger partial charge in [-0.1, -0.05) is 12.8 Å². The Labute approximate surface area is 101 Å². The lowest BCUT2D eigenvalue weighted by molar-refractivity contribution is -0.142. The van der Waals surface area contributed by atoms with Gasteiger partial charge in [-0.25, -0.2) is 9.59 Å². The van der Waals surface area contributed by atoms with E-state index in [0.29, 0.717) is 0 Å². The quantitative estimate of drug-likeness (QED) is 0.576. The van der Waals surface area contributed by atoms with Gasteiger partial charge in [0, 0.05) is 12.1 Å². The van der Waals surface area contributed by atoms with Crippen LogP contribution in [0.15, 0.2) is 0 Å². The van der Waals surface area contributed by atoms with Gasteiger partial charge < -0.3 is 21.5 Å². The van der Waals surface area contributed by atoms with Crippen LogP contribution in [0.5, 0.6) is 0 Å². The minimum Gasteiger partial charge on any atom is -0.480 e. The highest BCUT2D eigenvalue weighted by molar-refractivity contribution is 5.85. The fraction of sp³-hybridized carbons (Fsp3) is 0.818. The van der Waals surface area contributed by atoms with Gasteiger partial charge in [-0.15, -0.1) is 0 Å². The second-order valence-electron chi connectivity index (χ2n) is 5.08. The molecule has 1 aliphatic rings. The Morgan fingerprint density at radius 1 is 1.29 bits per heavy atom. The summed E-state index contributed by atoms with van der Waals surface area (Å²) >= 11 is 0. The highest BCUT2D eigenvalue weighted by Gasteiger charge is 2.30. The van der Waals surface area contributed by atoms with Crippen LogP contribution in [0.3, 0.4) is 0 Å². The number of carboxylic acid groups (broad SMARTS) is 1. The third kappa shape index (κ3) is 3.89. The van der Waals surface area contributed by atoms with E-state index in [1.165, 1.54) is 13.8 Å². The zero-order valence-corrected chi connectivity index (χ0v) is 10.3. The molecule has 0 radical (unpaired) electrons. The van der Waals surface area contributed by atoms with Crippen LogP contribution in [-0.2, 0) is 4.79 Å². The number of hydrogen-bond acceptors (Lipinski definition) is 3. The molecule has 0 aliphatic heterocycles. The van der Waals surface area contributed by atoms with Crippen LogP contribution in [0.1, 0.15) is 39.5 Å². The highest BCUT2D eigenvalue weighted by Crippen LogP contribution is 2.16. The molecule has 0 bridgehead atoms. The summed E-state index contributed by atoms with van der Waals surface area (Å²) in [6.07, 6.45) is 3.87. The summed E-state index contributed by atoms with van der Waals surface area (Å²) < 4.78 is 0. The molecule has 5 N–H and O–H groups in total. The molecule has 98 valence electrons. The Morgan fingerprint density at radius 2 is 1.88 bits per heavy atom. The Morgan fingerprint density at radius 3 is 2.41 bits per heavy atom. The van der Waals surface area contributed by atoms with Crippen molar-refractivity contribution < 1.29 is 14.7 Å². The monoisotopic (exact) mass is 243 g/mol. The number of rotatable bonds is 3. The summed E-state index contributed by atoms with van der Waals surface area (Å²) in [6, 6.07) is -0.574. The SMILES string of the molecule is CC(C)(NC(=O)NC1CCCCC1N)C(=O)O. The first-order valence-electron chi connectivity index (χ1n) is 5.90. The van der Waals surface area contributed by atoms with Gasteiger partial charge in [-0.2, -0.15) is 0 Å². The molecule has 0 saturated heterocycles.